The van der Waals surface area contributed by atoms with Crippen molar-refractivity contribution in [1.82, 2.24) is 5.43 Å². The minimum Gasteiger partial charge on any atom is -0.345 e. The molecule has 3 aromatic rings. The van der Waals surface area contributed by atoms with Gasteiger partial charge in [0.1, 0.15) is 0 Å². The van der Waals surface area contributed by atoms with E-state index in [1.807, 2.05) is 68.6 Å². The van der Waals surface area contributed by atoms with Gasteiger partial charge in [0.25, 0.3) is 5.91 Å². The maximum atomic E-state index is 12.0. The molecule has 4 nitrogen and oxygen atoms in total. The summed E-state index contributed by atoms with van der Waals surface area (Å²) < 4.78 is 0. The largest absolute Gasteiger partial charge is 0.345 e. The summed E-state index contributed by atoms with van der Waals surface area (Å²) in [5, 5.41) is 4.03. The van der Waals surface area contributed by atoms with Crippen LogP contribution in [0.15, 0.2) is 84.0 Å². The van der Waals surface area contributed by atoms with Gasteiger partial charge in [-0.05, 0) is 48.9 Å². The first-order valence-electron chi connectivity index (χ1n) is 8.42. The number of anilines is 2. The van der Waals surface area contributed by atoms with Crippen LogP contribution in [0.5, 0.6) is 0 Å². The number of carbonyl (C=O) groups is 1. The molecule has 0 heterocycles. The Morgan fingerprint density at radius 3 is 2.15 bits per heavy atom. The average molecular weight is 343 g/mol. The molecule has 1 N–H and O–H groups in total. The topological polar surface area (TPSA) is 44.7 Å². The lowest BCUT2D eigenvalue weighted by molar-refractivity contribution is 0.0955. The monoisotopic (exact) mass is 343 g/mol. The van der Waals surface area contributed by atoms with Gasteiger partial charge in [-0.25, -0.2) is 5.43 Å². The molecule has 3 aromatic carbocycles. The number of hydrogen-bond acceptors (Lipinski definition) is 3. The molecule has 0 aromatic heterocycles. The molecule has 0 saturated carbocycles. The number of benzene rings is 3. The van der Waals surface area contributed by atoms with Crippen LogP contribution >= 0.6 is 0 Å². The Bertz CT molecular complexity index is 885. The highest BCUT2D eigenvalue weighted by Gasteiger charge is 2.04. The van der Waals surface area contributed by atoms with Crippen molar-refractivity contribution in [3.8, 4) is 0 Å². The van der Waals surface area contributed by atoms with Crippen molar-refractivity contribution < 1.29 is 4.79 Å². The first kappa shape index (κ1) is 17.4. The zero-order valence-electron chi connectivity index (χ0n) is 14.9. The van der Waals surface area contributed by atoms with E-state index in [-0.39, 0.29) is 5.91 Å². The van der Waals surface area contributed by atoms with E-state index in [1.165, 1.54) is 0 Å². The molecule has 3 rings (SSSR count). The molecule has 0 aliphatic heterocycles. The zero-order valence-corrected chi connectivity index (χ0v) is 14.9. The quantitative estimate of drug-likeness (QED) is 0.546. The normalized spacial score (nSPS) is 10.7. The molecule has 0 atom stereocenters. The van der Waals surface area contributed by atoms with E-state index in [0.717, 1.165) is 22.5 Å². The molecule has 26 heavy (non-hydrogen) atoms. The lowest BCUT2D eigenvalue weighted by atomic mass is 10.1. The van der Waals surface area contributed by atoms with Crippen molar-refractivity contribution in [2.45, 2.75) is 6.92 Å². The SMILES string of the molecule is Cc1ccc(C(=O)N/N=C/c2ccc(N(C)c3ccccc3)cc2)cc1. The molecule has 4 heteroatoms. The molecular weight excluding hydrogens is 322 g/mol. The minimum atomic E-state index is -0.221. The number of hydrazone groups is 1. The van der Waals surface area contributed by atoms with Crippen LogP contribution in [-0.4, -0.2) is 19.2 Å². The third-order valence-electron chi connectivity index (χ3n) is 4.12. The van der Waals surface area contributed by atoms with Gasteiger partial charge in [0, 0.05) is 24.0 Å². The molecule has 0 radical (unpaired) electrons. The summed E-state index contributed by atoms with van der Waals surface area (Å²) in [4.78, 5) is 14.1. The van der Waals surface area contributed by atoms with Gasteiger partial charge in [-0.1, -0.05) is 48.0 Å². The number of carbonyl (C=O) groups excluding carboxylic acids is 1. The van der Waals surface area contributed by atoms with Crippen LogP contribution in [-0.2, 0) is 0 Å². The van der Waals surface area contributed by atoms with Gasteiger partial charge in [-0.3, -0.25) is 4.79 Å². The average Bonchev–Trinajstić information content (AvgIpc) is 2.69. The van der Waals surface area contributed by atoms with Crippen LogP contribution in [0.1, 0.15) is 21.5 Å². The molecule has 0 aliphatic rings. The predicted molar refractivity (Wildman–Crippen MR) is 107 cm³/mol. The number of nitrogens with one attached hydrogen (secondary N) is 1. The Morgan fingerprint density at radius 2 is 1.50 bits per heavy atom. The highest BCUT2D eigenvalue weighted by atomic mass is 16.2. The highest BCUT2D eigenvalue weighted by molar-refractivity contribution is 5.94. The van der Waals surface area contributed by atoms with Crippen molar-refractivity contribution in [3.05, 3.63) is 95.6 Å². The van der Waals surface area contributed by atoms with Crippen LogP contribution in [0, 0.1) is 6.92 Å². The van der Waals surface area contributed by atoms with Crippen molar-refractivity contribution in [2.75, 3.05) is 11.9 Å². The number of aryl methyl sites for hydroxylation is 1. The smallest absolute Gasteiger partial charge is 0.271 e. The molecule has 0 spiro atoms. The van der Waals surface area contributed by atoms with Gasteiger partial charge < -0.3 is 4.90 Å². The standard InChI is InChI=1S/C22H21N3O/c1-17-8-12-19(13-9-17)22(26)24-23-16-18-10-14-21(15-11-18)25(2)20-6-4-3-5-7-20/h3-16H,1-2H3,(H,24,26)/b23-16+. The van der Waals surface area contributed by atoms with E-state index in [4.69, 9.17) is 0 Å². The second-order valence-corrected chi connectivity index (χ2v) is 6.05. The van der Waals surface area contributed by atoms with Gasteiger partial charge in [0.15, 0.2) is 0 Å². The summed E-state index contributed by atoms with van der Waals surface area (Å²) >= 11 is 0. The van der Waals surface area contributed by atoms with Crippen molar-refractivity contribution in [2.24, 2.45) is 5.10 Å². The second kappa shape index (κ2) is 8.12. The van der Waals surface area contributed by atoms with E-state index >= 15 is 0 Å². The summed E-state index contributed by atoms with van der Waals surface area (Å²) in [6, 6.07) is 25.5. The Labute approximate surface area is 153 Å². The van der Waals surface area contributed by atoms with Crippen LogP contribution in [0.3, 0.4) is 0 Å². The summed E-state index contributed by atoms with van der Waals surface area (Å²) in [6.45, 7) is 1.98. The predicted octanol–water partition coefficient (Wildman–Crippen LogP) is 4.53. The van der Waals surface area contributed by atoms with E-state index in [0.29, 0.717) is 5.56 Å². The number of rotatable bonds is 5. The fourth-order valence-electron chi connectivity index (χ4n) is 2.52. The van der Waals surface area contributed by atoms with Gasteiger partial charge in [-0.2, -0.15) is 5.10 Å². The lowest BCUT2D eigenvalue weighted by Gasteiger charge is -2.19. The van der Waals surface area contributed by atoms with E-state index in [9.17, 15) is 4.79 Å². The van der Waals surface area contributed by atoms with E-state index < -0.39 is 0 Å². The summed E-state index contributed by atoms with van der Waals surface area (Å²) in [6.07, 6.45) is 1.64. The van der Waals surface area contributed by atoms with Crippen molar-refractivity contribution in [3.63, 3.8) is 0 Å². The highest BCUT2D eigenvalue weighted by Crippen LogP contribution is 2.22. The third-order valence-corrected chi connectivity index (χ3v) is 4.12. The second-order valence-electron chi connectivity index (χ2n) is 6.05. The number of amides is 1. The molecule has 1 amide bonds. The van der Waals surface area contributed by atoms with Crippen molar-refractivity contribution >= 4 is 23.5 Å². The Balaban J connectivity index is 1.61. The van der Waals surface area contributed by atoms with Crippen LogP contribution in [0.25, 0.3) is 0 Å². The number of nitrogens with zero attached hydrogens (tertiary/aromatic N) is 2. The van der Waals surface area contributed by atoms with Gasteiger partial charge in [0.2, 0.25) is 0 Å². The molecule has 0 bridgehead atoms. The Kier molecular flexibility index (Phi) is 5.44. The maximum Gasteiger partial charge on any atom is 0.271 e. The van der Waals surface area contributed by atoms with Crippen LogP contribution in [0.4, 0.5) is 11.4 Å². The van der Waals surface area contributed by atoms with E-state index in [2.05, 4.69) is 27.6 Å². The summed E-state index contributed by atoms with van der Waals surface area (Å²) in [5.41, 5.74) is 7.38. The van der Waals surface area contributed by atoms with Crippen LogP contribution < -0.4 is 10.3 Å². The van der Waals surface area contributed by atoms with Gasteiger partial charge in [0.05, 0.1) is 6.21 Å². The molecule has 0 unspecified atom stereocenters. The van der Waals surface area contributed by atoms with Gasteiger partial charge >= 0.3 is 0 Å². The summed E-state index contributed by atoms with van der Waals surface area (Å²) in [7, 11) is 2.03. The third kappa shape index (κ3) is 4.36. The molecule has 0 fully saturated rings. The Morgan fingerprint density at radius 1 is 0.885 bits per heavy atom. The maximum absolute atomic E-state index is 12.0. The molecule has 0 saturated heterocycles. The fourth-order valence-corrected chi connectivity index (χ4v) is 2.52. The van der Waals surface area contributed by atoms with E-state index in [1.54, 1.807) is 18.3 Å². The van der Waals surface area contributed by atoms with Crippen LogP contribution in [0.2, 0.25) is 0 Å². The Hall–Kier alpha value is -3.40. The molecule has 0 aliphatic carbocycles. The first-order chi connectivity index (χ1) is 12.6. The molecule has 130 valence electrons. The van der Waals surface area contributed by atoms with Crippen molar-refractivity contribution in [1.29, 1.82) is 0 Å². The number of hydrogen-bond donors (Lipinski definition) is 1. The molecular formula is C22H21N3O. The minimum absolute atomic E-state index is 0.221. The first-order valence-corrected chi connectivity index (χ1v) is 8.42. The lowest BCUT2D eigenvalue weighted by Crippen LogP contribution is -2.17. The number of para-hydroxylation sites is 1. The zero-order chi connectivity index (χ0) is 18.4. The van der Waals surface area contributed by atoms with Gasteiger partial charge in [-0.15, -0.1) is 0 Å². The fraction of sp³-hybridized carbons (Fsp3) is 0.0909. The summed E-state index contributed by atoms with van der Waals surface area (Å²) in [5.74, 6) is -0.221.